The SMILES string of the molecule is C=O.CCOCC(Cc1ccc(Cl)nc1)POCC. The van der Waals surface area contributed by atoms with Crippen molar-refractivity contribution in [3.8, 4) is 0 Å². The van der Waals surface area contributed by atoms with Gasteiger partial charge in [0.25, 0.3) is 0 Å². The Kier molecular flexibility index (Phi) is 12.1. The number of hydrogen-bond acceptors (Lipinski definition) is 4. The topological polar surface area (TPSA) is 48.4 Å². The molecule has 0 fully saturated rings. The lowest BCUT2D eigenvalue weighted by Gasteiger charge is -2.16. The van der Waals surface area contributed by atoms with Gasteiger partial charge in [-0.15, -0.1) is 0 Å². The van der Waals surface area contributed by atoms with Crippen molar-refractivity contribution in [2.75, 3.05) is 19.8 Å². The zero-order valence-electron chi connectivity index (χ0n) is 11.4. The van der Waals surface area contributed by atoms with Crippen LogP contribution in [0.3, 0.4) is 0 Å². The van der Waals surface area contributed by atoms with Crippen molar-refractivity contribution in [2.24, 2.45) is 0 Å². The Morgan fingerprint density at radius 1 is 1.37 bits per heavy atom. The molecule has 1 heterocycles. The summed E-state index contributed by atoms with van der Waals surface area (Å²) in [5.41, 5.74) is 1.57. The van der Waals surface area contributed by atoms with E-state index in [-0.39, 0.29) is 0 Å². The normalized spacial score (nSPS) is 12.2. The quantitative estimate of drug-likeness (QED) is 0.547. The van der Waals surface area contributed by atoms with E-state index < -0.39 is 0 Å². The number of halogens is 1. The van der Waals surface area contributed by atoms with Gasteiger partial charge in [-0.1, -0.05) is 17.7 Å². The van der Waals surface area contributed by atoms with Gasteiger partial charge in [-0.05, 0) is 31.9 Å². The smallest absolute Gasteiger partial charge is 0.129 e. The van der Waals surface area contributed by atoms with Gasteiger partial charge in [-0.25, -0.2) is 4.98 Å². The average molecular weight is 306 g/mol. The van der Waals surface area contributed by atoms with Gasteiger partial charge in [0.05, 0.1) is 6.61 Å². The van der Waals surface area contributed by atoms with Crippen molar-refractivity contribution in [3.05, 3.63) is 29.0 Å². The summed E-state index contributed by atoms with van der Waals surface area (Å²) in [5, 5.41) is 0.530. The van der Waals surface area contributed by atoms with E-state index in [1.165, 1.54) is 5.56 Å². The van der Waals surface area contributed by atoms with Crippen LogP contribution < -0.4 is 0 Å². The Balaban J connectivity index is 0.00000154. The summed E-state index contributed by atoms with van der Waals surface area (Å²) in [4.78, 5) is 12.1. The zero-order chi connectivity index (χ0) is 14.5. The molecule has 0 saturated heterocycles. The van der Waals surface area contributed by atoms with Crippen molar-refractivity contribution >= 4 is 27.2 Å². The van der Waals surface area contributed by atoms with E-state index in [1.54, 1.807) is 0 Å². The van der Waals surface area contributed by atoms with Crippen LogP contribution in [0.2, 0.25) is 5.15 Å². The number of nitrogens with zero attached hydrogens (tertiary/aromatic N) is 1. The Bertz CT molecular complexity index is 316. The predicted octanol–water partition coefficient (Wildman–Crippen LogP) is 3.13. The second-order valence-electron chi connectivity index (χ2n) is 3.60. The van der Waals surface area contributed by atoms with Crippen LogP contribution in [-0.4, -0.2) is 37.3 Å². The molecule has 1 aromatic rings. The Labute approximate surface area is 121 Å². The molecule has 0 spiro atoms. The zero-order valence-corrected chi connectivity index (χ0v) is 13.2. The van der Waals surface area contributed by atoms with Gasteiger partial charge in [-0.3, -0.25) is 0 Å². The van der Waals surface area contributed by atoms with Gasteiger partial charge in [0.1, 0.15) is 11.9 Å². The summed E-state index contributed by atoms with van der Waals surface area (Å²) in [7, 11) is 0.470. The van der Waals surface area contributed by atoms with Crippen LogP contribution in [0.1, 0.15) is 19.4 Å². The number of ether oxygens (including phenoxy) is 1. The minimum absolute atomic E-state index is 0.401. The highest BCUT2D eigenvalue weighted by atomic mass is 35.5. The second-order valence-corrected chi connectivity index (χ2v) is 5.33. The number of aromatic nitrogens is 1. The first-order chi connectivity index (χ1) is 9.26. The van der Waals surface area contributed by atoms with Gasteiger partial charge in [0, 0.05) is 33.9 Å². The Morgan fingerprint density at radius 3 is 2.63 bits per heavy atom. The summed E-state index contributed by atoms with van der Waals surface area (Å²) >= 11 is 5.76. The highest BCUT2D eigenvalue weighted by Gasteiger charge is 2.10. The number of hydrogen-bond donors (Lipinski definition) is 0. The first kappa shape index (κ1) is 18.5. The van der Waals surface area contributed by atoms with E-state index in [0.717, 1.165) is 26.2 Å². The molecule has 0 saturated carbocycles. The maximum Gasteiger partial charge on any atom is 0.129 e. The molecule has 0 aliphatic heterocycles. The lowest BCUT2D eigenvalue weighted by atomic mass is 10.1. The van der Waals surface area contributed by atoms with E-state index in [1.807, 2.05) is 39.0 Å². The predicted molar refractivity (Wildman–Crippen MR) is 80.3 cm³/mol. The molecule has 1 rings (SSSR count). The fourth-order valence-electron chi connectivity index (χ4n) is 1.41. The average Bonchev–Trinajstić information content (AvgIpc) is 2.46. The number of rotatable bonds is 8. The fourth-order valence-corrected chi connectivity index (χ4v) is 2.43. The van der Waals surface area contributed by atoms with Crippen LogP contribution in [-0.2, 0) is 20.5 Å². The summed E-state index contributed by atoms with van der Waals surface area (Å²) in [6.45, 7) is 8.24. The lowest BCUT2D eigenvalue weighted by Crippen LogP contribution is -2.14. The third-order valence-electron chi connectivity index (χ3n) is 2.19. The van der Waals surface area contributed by atoms with E-state index in [4.69, 9.17) is 25.7 Å². The van der Waals surface area contributed by atoms with Gasteiger partial charge >= 0.3 is 0 Å². The van der Waals surface area contributed by atoms with Crippen molar-refractivity contribution in [2.45, 2.75) is 25.9 Å². The molecule has 0 aliphatic rings. The highest BCUT2D eigenvalue weighted by Crippen LogP contribution is 2.24. The van der Waals surface area contributed by atoms with Gasteiger partial charge in [0.2, 0.25) is 0 Å². The molecule has 1 aromatic heterocycles. The summed E-state index contributed by atoms with van der Waals surface area (Å²) in [6, 6.07) is 3.82. The lowest BCUT2D eigenvalue weighted by molar-refractivity contribution is -0.0979. The minimum Gasteiger partial charge on any atom is -0.381 e. The Hall–Kier alpha value is -0.540. The van der Waals surface area contributed by atoms with E-state index in [0.29, 0.717) is 19.6 Å². The molecule has 2 atom stereocenters. The highest BCUT2D eigenvalue weighted by molar-refractivity contribution is 7.33. The van der Waals surface area contributed by atoms with Crippen LogP contribution >= 0.6 is 20.4 Å². The fraction of sp³-hybridized carbons (Fsp3) is 0.538. The molecule has 108 valence electrons. The molecule has 0 bridgehead atoms. The van der Waals surface area contributed by atoms with Crippen LogP contribution in [0.5, 0.6) is 0 Å². The second kappa shape index (κ2) is 12.5. The van der Waals surface area contributed by atoms with Crippen molar-refractivity contribution in [1.29, 1.82) is 0 Å². The number of carbonyl (C=O) groups excluding carboxylic acids is 1. The van der Waals surface area contributed by atoms with Crippen LogP contribution in [0.25, 0.3) is 0 Å². The first-order valence-electron chi connectivity index (χ1n) is 6.10. The largest absolute Gasteiger partial charge is 0.381 e. The first-order valence-corrected chi connectivity index (χ1v) is 7.47. The van der Waals surface area contributed by atoms with E-state index in [9.17, 15) is 0 Å². The molecule has 4 nitrogen and oxygen atoms in total. The molecule has 0 amide bonds. The maximum atomic E-state index is 8.00. The van der Waals surface area contributed by atoms with Crippen molar-refractivity contribution in [1.82, 2.24) is 4.98 Å². The van der Waals surface area contributed by atoms with E-state index in [2.05, 4.69) is 4.98 Å². The summed E-state index contributed by atoms with van der Waals surface area (Å²) in [5.74, 6) is 0. The third kappa shape index (κ3) is 9.06. The standard InChI is InChI=1S/C12H19ClNO2P.CH2O/c1-3-15-9-11(17-16-4-2)7-10-5-6-12(13)14-8-10;1-2/h5-6,8,11,17H,3-4,7,9H2,1-2H3;1H2. The van der Waals surface area contributed by atoms with Crippen LogP contribution in [0.15, 0.2) is 18.3 Å². The molecule has 0 aliphatic carbocycles. The number of carbonyl (C=O) groups is 1. The Morgan fingerprint density at radius 2 is 2.11 bits per heavy atom. The maximum absolute atomic E-state index is 8.00. The third-order valence-corrected chi connectivity index (χ3v) is 3.57. The minimum atomic E-state index is 0.401. The van der Waals surface area contributed by atoms with Crippen LogP contribution in [0, 0.1) is 0 Å². The molecular formula is C13H21ClNO3P. The summed E-state index contributed by atoms with van der Waals surface area (Å²) in [6.07, 6.45) is 2.74. The van der Waals surface area contributed by atoms with Crippen molar-refractivity contribution in [3.63, 3.8) is 0 Å². The van der Waals surface area contributed by atoms with Crippen LogP contribution in [0.4, 0.5) is 0 Å². The van der Waals surface area contributed by atoms with Crippen molar-refractivity contribution < 1.29 is 14.1 Å². The number of pyridine rings is 1. The summed E-state index contributed by atoms with van der Waals surface area (Å²) < 4.78 is 11.0. The van der Waals surface area contributed by atoms with Gasteiger partial charge in [-0.2, -0.15) is 0 Å². The molecule has 0 aromatic carbocycles. The molecule has 2 unspecified atom stereocenters. The molecule has 0 N–H and O–H groups in total. The molecular weight excluding hydrogens is 285 g/mol. The molecule has 0 radical (unpaired) electrons. The molecule has 19 heavy (non-hydrogen) atoms. The monoisotopic (exact) mass is 305 g/mol. The van der Waals surface area contributed by atoms with E-state index >= 15 is 0 Å². The van der Waals surface area contributed by atoms with Gasteiger partial charge < -0.3 is 14.1 Å². The molecule has 6 heteroatoms. The van der Waals surface area contributed by atoms with Gasteiger partial charge in [0.15, 0.2) is 0 Å².